The van der Waals surface area contributed by atoms with Crippen LogP contribution >= 0.6 is 126 Å². The molecule has 20 rings (SSSR count). The monoisotopic (exact) mass is 1720 g/mol. The van der Waals surface area contributed by atoms with Crippen molar-refractivity contribution >= 4 is 223 Å². The highest BCUT2D eigenvalue weighted by molar-refractivity contribution is 7.24. The summed E-state index contributed by atoms with van der Waals surface area (Å²) in [5.41, 5.74) is 4.06. The van der Waals surface area contributed by atoms with Crippen LogP contribution in [0.2, 0.25) is 22.4 Å². The normalized spacial score (nSPS) is 19.4. The molecule has 0 radical (unpaired) electrons. The third kappa shape index (κ3) is 18.9. The maximum Gasteiger partial charge on any atom is 0.270 e. The number of carbonyl (C=O) groups excluding carboxylic acids is 6. The lowest BCUT2D eigenvalue weighted by atomic mass is 10.1. The Morgan fingerprint density at radius 3 is 1.02 bits per heavy atom. The highest BCUT2D eigenvalue weighted by atomic mass is 35.5. The first-order valence-corrected chi connectivity index (χ1v) is 44.0. The SMILES string of the molecule is C.CN1CCN(C(=O)c2cc3c(Cl)c(Cl)sc3[nH]2)CC1.CN1CCN(C(=O)c2cc3cc(Cl)sc3[nH]2)CC1.CN1CCN(C(=O)c2cc3ccsc3[nH]2)CC1.O=C(c1cc2cc(Cl)sc2[nH]1)N1CCN2CCCC2C1.O=C(c1cc2cc(Cl)sc2[nH]1)N1CCNCC1.O=C(c1cc2ccsc2[nH]1)N1CCN2CCCC2C1. The number of rotatable bonds is 6. The number of likely N-dealkylation sites (N-methyl/N-ethyl adjacent to an activating group) is 3. The Labute approximate surface area is 692 Å². The summed E-state index contributed by atoms with van der Waals surface area (Å²) in [4.78, 5) is 123. The Kier molecular flexibility index (Phi) is 26.4. The van der Waals surface area contributed by atoms with E-state index in [1.165, 1.54) is 84.1 Å². The van der Waals surface area contributed by atoms with Crippen LogP contribution in [0.15, 0.2) is 77.5 Å². The van der Waals surface area contributed by atoms with E-state index in [0.29, 0.717) is 44.2 Å². The first-order valence-electron chi connectivity index (χ1n) is 37.1. The van der Waals surface area contributed by atoms with E-state index in [-0.39, 0.29) is 42.9 Å². The maximum atomic E-state index is 12.6. The Bertz CT molecular complexity index is 5090. The lowest BCUT2D eigenvalue weighted by Gasteiger charge is -2.37. The molecule has 8 fully saturated rings. The van der Waals surface area contributed by atoms with Gasteiger partial charge in [-0.15, -0.1) is 68.0 Å². The molecule has 7 N–H and O–H groups in total. The largest absolute Gasteiger partial charge is 0.342 e. The minimum Gasteiger partial charge on any atom is -0.342 e. The fraction of sp³-hybridized carbons (Fsp3) is 0.447. The number of carbonyl (C=O) groups is 6. The second kappa shape index (κ2) is 36.1. The van der Waals surface area contributed by atoms with Gasteiger partial charge in [-0.2, -0.15) is 0 Å². The predicted molar refractivity (Wildman–Crippen MR) is 459 cm³/mol. The van der Waals surface area contributed by atoms with E-state index in [1.54, 1.807) is 28.7 Å². The van der Waals surface area contributed by atoms with Gasteiger partial charge in [-0.25, -0.2) is 0 Å². The molecule has 12 aromatic heterocycles. The molecule has 24 nitrogen and oxygen atoms in total. The molecule has 2 atom stereocenters. The molecule has 592 valence electrons. The fourth-order valence-corrected chi connectivity index (χ4v) is 21.7. The zero-order valence-corrected chi connectivity index (χ0v) is 69.8. The average Bonchev–Trinajstić information content (AvgIpc) is 1.64. The van der Waals surface area contributed by atoms with Gasteiger partial charge in [0.25, 0.3) is 35.4 Å². The number of amides is 6. The molecule has 8 aliphatic rings. The van der Waals surface area contributed by atoms with Crippen molar-refractivity contribution in [3.8, 4) is 0 Å². The number of aromatic nitrogens is 6. The van der Waals surface area contributed by atoms with Gasteiger partial charge in [0.05, 0.1) is 18.0 Å². The van der Waals surface area contributed by atoms with Gasteiger partial charge in [0.1, 0.15) is 67.5 Å². The molecule has 8 saturated heterocycles. The molecule has 20 heterocycles. The average molecular weight is 1720 g/mol. The Morgan fingerprint density at radius 2 is 0.667 bits per heavy atom. The van der Waals surface area contributed by atoms with Crippen LogP contribution in [0.25, 0.3) is 61.3 Å². The first-order chi connectivity index (χ1) is 53.2. The van der Waals surface area contributed by atoms with Gasteiger partial charge in [-0.1, -0.05) is 65.4 Å². The zero-order valence-electron chi connectivity index (χ0n) is 61.2. The minimum atomic E-state index is 0. The topological polar surface area (TPSA) is 245 Å². The van der Waals surface area contributed by atoms with Gasteiger partial charge in [-0.05, 0) is 137 Å². The van der Waals surface area contributed by atoms with E-state index in [0.717, 1.165) is 230 Å². The number of fused-ring (bicyclic) bond motifs is 8. The molecular weight excluding hydrogens is 1630 g/mol. The summed E-state index contributed by atoms with van der Waals surface area (Å²) in [5.74, 6) is 0.602. The summed E-state index contributed by atoms with van der Waals surface area (Å²) in [7, 11) is 6.23. The summed E-state index contributed by atoms with van der Waals surface area (Å²) >= 11 is 38.9. The van der Waals surface area contributed by atoms with E-state index < -0.39 is 0 Å². The zero-order chi connectivity index (χ0) is 76.4. The number of halogens is 5. The van der Waals surface area contributed by atoms with Crippen LogP contribution in [0.3, 0.4) is 0 Å². The van der Waals surface area contributed by atoms with Crippen molar-refractivity contribution in [1.29, 1.82) is 0 Å². The molecule has 0 spiro atoms. The van der Waals surface area contributed by atoms with Crippen molar-refractivity contribution in [1.82, 2.24) is 89.1 Å². The summed E-state index contributed by atoms with van der Waals surface area (Å²) in [6.45, 7) is 21.6. The van der Waals surface area contributed by atoms with Crippen LogP contribution in [0.1, 0.15) is 96.0 Å². The number of hydrogen-bond donors (Lipinski definition) is 7. The highest BCUT2D eigenvalue weighted by Crippen LogP contribution is 2.40. The standard InChI is InChI=1S/C14H16ClN3OS.C14H17N3OS.C12H13Cl2N3OS.C12H14ClN3OS.C12H15N3OS.C11H12ClN3OS.CH4/c15-12-7-9-6-11(16-13(9)20-12)14(19)18-5-4-17-3-1-2-10(17)8-18;18-14(12-8-10-3-7-19-13(10)15-12)17-6-5-16-4-1-2-11(16)9-17;1-16-2-4-17(5-3-16)12(18)8-6-7-9(13)10(14)19-11(7)15-8;1-15-2-4-16(5-3-15)12(17)9-6-8-7-10(13)18-11(8)14-9;1-14-3-5-15(6-4-14)12(16)10-8-9-2-7-17-11(9)13-10;12-9-6-7-5-8(14-10(7)17-9)11(16)15-3-1-13-2-4-15;/h6-7,10,16H,1-5,8H2;3,7-8,11,15H,1-2,4-6,9H2;6,15H,2-5H2,1H3;6-7,14H,2-5H2,1H3;2,7-8,13H,3-6H2,1H3;5-6,13-14H,1-4H2;1H4. The summed E-state index contributed by atoms with van der Waals surface area (Å²) in [6, 6.07) is 22.3. The van der Waals surface area contributed by atoms with Crippen LogP contribution in [0.5, 0.6) is 0 Å². The van der Waals surface area contributed by atoms with Crippen molar-refractivity contribution in [2.24, 2.45) is 0 Å². The van der Waals surface area contributed by atoms with E-state index in [1.807, 2.05) is 94.8 Å². The van der Waals surface area contributed by atoms with Gasteiger partial charge in [-0.3, -0.25) is 38.6 Å². The number of H-pyrrole nitrogens is 6. The van der Waals surface area contributed by atoms with Gasteiger partial charge in [0, 0.05) is 188 Å². The molecule has 6 amide bonds. The van der Waals surface area contributed by atoms with E-state index >= 15 is 0 Å². The number of nitrogens with zero attached hydrogens (tertiary/aromatic N) is 11. The number of thiophene rings is 6. The Morgan fingerprint density at radius 1 is 0.351 bits per heavy atom. The lowest BCUT2D eigenvalue weighted by molar-refractivity contribution is 0.0561. The number of aromatic amines is 6. The van der Waals surface area contributed by atoms with Gasteiger partial charge >= 0.3 is 0 Å². The van der Waals surface area contributed by atoms with E-state index in [4.69, 9.17) is 58.0 Å². The van der Waals surface area contributed by atoms with Gasteiger partial charge in [0.2, 0.25) is 0 Å². The summed E-state index contributed by atoms with van der Waals surface area (Å²) < 4.78 is 2.80. The van der Waals surface area contributed by atoms with Crippen LogP contribution in [0, 0.1) is 0 Å². The minimum absolute atomic E-state index is 0. The fourth-order valence-electron chi connectivity index (χ4n) is 15.3. The van der Waals surface area contributed by atoms with Gasteiger partial charge in [0.15, 0.2) is 0 Å². The predicted octanol–water partition coefficient (Wildman–Crippen LogP) is 14.3. The lowest BCUT2D eigenvalue weighted by Crippen LogP contribution is -2.52. The summed E-state index contributed by atoms with van der Waals surface area (Å²) in [5, 5.41) is 14.0. The van der Waals surface area contributed by atoms with Crippen LogP contribution in [0.4, 0.5) is 0 Å². The Hall–Kier alpha value is -6.53. The quantitative estimate of drug-likeness (QED) is 0.0822. The van der Waals surface area contributed by atoms with E-state index in [2.05, 4.69) is 86.9 Å². The Balaban J connectivity index is 0.000000111. The number of hydrogen-bond acceptors (Lipinski definition) is 18. The molecule has 12 aromatic rings. The third-order valence-corrected chi connectivity index (χ3v) is 28.8. The van der Waals surface area contributed by atoms with Crippen molar-refractivity contribution in [2.75, 3.05) is 178 Å². The van der Waals surface area contributed by atoms with E-state index in [9.17, 15) is 28.8 Å². The third-order valence-electron chi connectivity index (χ3n) is 21.6. The van der Waals surface area contributed by atoms with Crippen molar-refractivity contribution in [3.63, 3.8) is 0 Å². The molecule has 0 saturated carbocycles. The second-order valence-corrected chi connectivity index (χ2v) is 37.8. The summed E-state index contributed by atoms with van der Waals surface area (Å²) in [6.07, 6.45) is 5.01. The smallest absolute Gasteiger partial charge is 0.270 e. The molecule has 8 aliphatic heterocycles. The molecule has 0 aliphatic carbocycles. The van der Waals surface area contributed by atoms with Crippen molar-refractivity contribution in [3.05, 3.63) is 134 Å². The van der Waals surface area contributed by atoms with Crippen LogP contribution in [-0.2, 0) is 0 Å². The van der Waals surface area contributed by atoms with Crippen LogP contribution in [-0.4, -0.2) is 310 Å². The molecule has 111 heavy (non-hydrogen) atoms. The molecular formula is C76H91Cl5N18O6S6. The highest BCUT2D eigenvalue weighted by Gasteiger charge is 2.36. The first kappa shape index (κ1) is 81.1. The molecule has 35 heteroatoms. The maximum absolute atomic E-state index is 12.6. The van der Waals surface area contributed by atoms with Crippen molar-refractivity contribution in [2.45, 2.75) is 45.2 Å². The number of piperazine rings is 6. The van der Waals surface area contributed by atoms with Crippen molar-refractivity contribution < 1.29 is 28.8 Å². The molecule has 0 bridgehead atoms. The second-order valence-electron chi connectivity index (χ2n) is 28.9. The van der Waals surface area contributed by atoms with Crippen LogP contribution < -0.4 is 5.32 Å². The number of nitrogens with one attached hydrogen (secondary N) is 7. The molecule has 2 unspecified atom stereocenters. The molecule has 0 aromatic carbocycles. The van der Waals surface area contributed by atoms with Gasteiger partial charge < -0.3 is 79.3 Å².